The van der Waals surface area contributed by atoms with Gasteiger partial charge in [0.25, 0.3) is 0 Å². The fourth-order valence-corrected chi connectivity index (χ4v) is 3.55. The van der Waals surface area contributed by atoms with Gasteiger partial charge in [-0.2, -0.15) is 0 Å². The molecule has 0 bridgehead atoms. The van der Waals surface area contributed by atoms with Gasteiger partial charge in [-0.25, -0.2) is 0 Å². The third kappa shape index (κ3) is 2.12. The van der Waals surface area contributed by atoms with Crippen molar-refractivity contribution in [1.82, 2.24) is 0 Å². The van der Waals surface area contributed by atoms with Gasteiger partial charge >= 0.3 is 0 Å². The summed E-state index contributed by atoms with van der Waals surface area (Å²) in [4.78, 5) is 0. The lowest BCUT2D eigenvalue weighted by atomic mass is 9.68. The van der Waals surface area contributed by atoms with Crippen molar-refractivity contribution in [2.24, 2.45) is 5.73 Å². The molecule has 1 fully saturated rings. The largest absolute Gasteiger partial charge is 0.506 e. The quantitative estimate of drug-likeness (QED) is 0.856. The molecule has 0 heterocycles. The Morgan fingerprint density at radius 2 is 1.83 bits per heavy atom. The molecule has 1 saturated carbocycles. The number of rotatable bonds is 2. The summed E-state index contributed by atoms with van der Waals surface area (Å²) in [6, 6.07) is 2.06. The Morgan fingerprint density at radius 3 is 2.39 bits per heavy atom. The first-order valence-corrected chi connectivity index (χ1v) is 7.09. The molecular formula is C15H22ClNO. The van der Waals surface area contributed by atoms with Crippen LogP contribution >= 0.6 is 11.6 Å². The van der Waals surface area contributed by atoms with Crippen LogP contribution in [0.25, 0.3) is 0 Å². The molecule has 0 aliphatic heterocycles. The topological polar surface area (TPSA) is 46.2 Å². The van der Waals surface area contributed by atoms with E-state index in [9.17, 15) is 5.11 Å². The molecule has 100 valence electrons. The minimum Gasteiger partial charge on any atom is -0.506 e. The zero-order chi connectivity index (χ0) is 13.3. The van der Waals surface area contributed by atoms with Gasteiger partial charge in [-0.15, -0.1) is 0 Å². The lowest BCUT2D eigenvalue weighted by molar-refractivity contribution is 0.289. The zero-order valence-electron chi connectivity index (χ0n) is 11.2. The first-order valence-electron chi connectivity index (χ1n) is 6.71. The van der Waals surface area contributed by atoms with E-state index < -0.39 is 0 Å². The minimum absolute atomic E-state index is 0.0796. The molecule has 2 rings (SSSR count). The van der Waals surface area contributed by atoms with E-state index >= 15 is 0 Å². The SMILES string of the molecule is Cc1cc(C)c(C2(CN)CCCCC2)c(O)c1Cl. The van der Waals surface area contributed by atoms with Gasteiger partial charge in [0.05, 0.1) is 5.02 Å². The summed E-state index contributed by atoms with van der Waals surface area (Å²) >= 11 is 6.20. The molecule has 0 amide bonds. The highest BCUT2D eigenvalue weighted by atomic mass is 35.5. The Labute approximate surface area is 114 Å². The normalized spacial score (nSPS) is 18.9. The van der Waals surface area contributed by atoms with Crippen molar-refractivity contribution in [1.29, 1.82) is 0 Å². The van der Waals surface area contributed by atoms with E-state index in [1.54, 1.807) is 0 Å². The van der Waals surface area contributed by atoms with Crippen molar-refractivity contribution in [2.75, 3.05) is 6.54 Å². The Balaban J connectivity index is 2.58. The number of halogens is 1. The van der Waals surface area contributed by atoms with Crippen LogP contribution in [0.5, 0.6) is 5.75 Å². The van der Waals surface area contributed by atoms with Crippen LogP contribution in [0.1, 0.15) is 48.8 Å². The van der Waals surface area contributed by atoms with Crippen LogP contribution in [0, 0.1) is 13.8 Å². The van der Waals surface area contributed by atoms with E-state index in [0.717, 1.165) is 29.5 Å². The lowest BCUT2D eigenvalue weighted by Crippen LogP contribution is -2.38. The second-order valence-electron chi connectivity index (χ2n) is 5.59. The smallest absolute Gasteiger partial charge is 0.138 e. The second-order valence-corrected chi connectivity index (χ2v) is 5.97. The number of hydrogen-bond acceptors (Lipinski definition) is 2. The van der Waals surface area contributed by atoms with Crippen molar-refractivity contribution in [2.45, 2.75) is 51.4 Å². The van der Waals surface area contributed by atoms with E-state index in [0.29, 0.717) is 11.6 Å². The summed E-state index contributed by atoms with van der Waals surface area (Å²) in [6.45, 7) is 4.56. The fraction of sp³-hybridized carbons (Fsp3) is 0.600. The molecule has 1 aliphatic carbocycles. The molecule has 1 aromatic carbocycles. The predicted octanol–water partition coefficient (Wildman–Crippen LogP) is 3.82. The third-order valence-electron chi connectivity index (χ3n) is 4.35. The summed E-state index contributed by atoms with van der Waals surface area (Å²) in [5.41, 5.74) is 8.99. The van der Waals surface area contributed by atoms with Crippen LogP contribution in [0.4, 0.5) is 0 Å². The number of aryl methyl sites for hydroxylation is 2. The molecule has 3 heteroatoms. The van der Waals surface area contributed by atoms with E-state index in [2.05, 4.69) is 6.07 Å². The molecule has 0 saturated heterocycles. The van der Waals surface area contributed by atoms with Crippen molar-refractivity contribution in [3.63, 3.8) is 0 Å². The van der Waals surface area contributed by atoms with Gasteiger partial charge in [-0.3, -0.25) is 0 Å². The number of nitrogens with two attached hydrogens (primary N) is 1. The molecule has 1 aromatic rings. The second kappa shape index (κ2) is 5.10. The molecule has 18 heavy (non-hydrogen) atoms. The summed E-state index contributed by atoms with van der Waals surface area (Å²) in [5.74, 6) is 0.251. The first-order chi connectivity index (χ1) is 8.52. The van der Waals surface area contributed by atoms with Crippen molar-refractivity contribution in [3.8, 4) is 5.75 Å². The monoisotopic (exact) mass is 267 g/mol. The van der Waals surface area contributed by atoms with Gasteiger partial charge in [0.1, 0.15) is 5.75 Å². The highest BCUT2D eigenvalue weighted by Gasteiger charge is 2.36. The maximum absolute atomic E-state index is 10.4. The maximum atomic E-state index is 10.4. The number of phenols is 1. The number of aromatic hydroxyl groups is 1. The van der Waals surface area contributed by atoms with Gasteiger partial charge < -0.3 is 10.8 Å². The molecule has 0 unspecified atom stereocenters. The minimum atomic E-state index is -0.0796. The van der Waals surface area contributed by atoms with E-state index in [4.69, 9.17) is 17.3 Å². The molecular weight excluding hydrogens is 246 g/mol. The Hall–Kier alpha value is -0.730. The van der Waals surface area contributed by atoms with Gasteiger partial charge in [-0.05, 0) is 37.8 Å². The summed E-state index contributed by atoms with van der Waals surface area (Å²) in [5, 5.41) is 10.9. The van der Waals surface area contributed by atoms with E-state index in [-0.39, 0.29) is 11.2 Å². The molecule has 0 atom stereocenters. The number of phenolic OH excluding ortho intramolecular Hbond substituents is 1. The van der Waals surface area contributed by atoms with Crippen molar-refractivity contribution < 1.29 is 5.11 Å². The van der Waals surface area contributed by atoms with Crippen molar-refractivity contribution >= 4 is 11.6 Å². The Bertz CT molecular complexity index is 450. The van der Waals surface area contributed by atoms with Crippen LogP contribution < -0.4 is 5.73 Å². The lowest BCUT2D eigenvalue weighted by Gasteiger charge is -2.38. The average Bonchev–Trinajstić information content (AvgIpc) is 2.37. The average molecular weight is 268 g/mol. The van der Waals surface area contributed by atoms with E-state index in [1.807, 2.05) is 13.8 Å². The Morgan fingerprint density at radius 1 is 1.22 bits per heavy atom. The van der Waals surface area contributed by atoms with E-state index in [1.165, 1.54) is 19.3 Å². The summed E-state index contributed by atoms with van der Waals surface area (Å²) < 4.78 is 0. The highest BCUT2D eigenvalue weighted by molar-refractivity contribution is 6.33. The summed E-state index contributed by atoms with van der Waals surface area (Å²) in [6.07, 6.45) is 5.74. The van der Waals surface area contributed by atoms with Gasteiger partial charge in [-0.1, -0.05) is 36.9 Å². The van der Waals surface area contributed by atoms with Gasteiger partial charge in [0.15, 0.2) is 0 Å². The van der Waals surface area contributed by atoms with Crippen molar-refractivity contribution in [3.05, 3.63) is 27.8 Å². The molecule has 2 nitrogen and oxygen atoms in total. The maximum Gasteiger partial charge on any atom is 0.138 e. The van der Waals surface area contributed by atoms with Gasteiger partial charge in [0, 0.05) is 17.5 Å². The van der Waals surface area contributed by atoms with Crippen LogP contribution in [-0.2, 0) is 5.41 Å². The molecule has 0 radical (unpaired) electrons. The standard InChI is InChI=1S/C15H22ClNO/c1-10-8-11(2)13(16)14(18)12(10)15(9-17)6-4-3-5-7-15/h8,18H,3-7,9,17H2,1-2H3. The zero-order valence-corrected chi connectivity index (χ0v) is 12.0. The highest BCUT2D eigenvalue weighted by Crippen LogP contribution is 2.46. The molecule has 1 aliphatic rings. The Kier molecular flexibility index (Phi) is 3.88. The third-order valence-corrected chi connectivity index (χ3v) is 4.83. The molecule has 0 aromatic heterocycles. The van der Waals surface area contributed by atoms with Crippen LogP contribution in [0.3, 0.4) is 0 Å². The van der Waals surface area contributed by atoms with Crippen LogP contribution in [0.15, 0.2) is 6.07 Å². The van der Waals surface area contributed by atoms with Gasteiger partial charge in [0.2, 0.25) is 0 Å². The number of benzene rings is 1. The molecule has 3 N–H and O–H groups in total. The summed E-state index contributed by atoms with van der Waals surface area (Å²) in [7, 11) is 0. The van der Waals surface area contributed by atoms with Crippen LogP contribution in [0.2, 0.25) is 5.02 Å². The fourth-order valence-electron chi connectivity index (χ4n) is 3.40. The predicted molar refractivity (Wildman–Crippen MR) is 76.4 cm³/mol. The van der Waals surface area contributed by atoms with Crippen LogP contribution in [-0.4, -0.2) is 11.7 Å². The first kappa shape index (κ1) is 13.7. The molecule has 0 spiro atoms. The number of hydrogen-bond donors (Lipinski definition) is 2.